The largest absolute Gasteiger partial charge is 0.508 e. The van der Waals surface area contributed by atoms with Crippen molar-refractivity contribution >= 4 is 22.5 Å². The predicted octanol–water partition coefficient (Wildman–Crippen LogP) is 5.07. The quantitative estimate of drug-likeness (QED) is 0.610. The molecule has 2 aliphatic rings. The summed E-state index contributed by atoms with van der Waals surface area (Å²) in [6.45, 7) is 6.94. The molecule has 2 aromatic carbocycles. The molecular formula is C24H25ClN2O. The van der Waals surface area contributed by atoms with E-state index in [1.807, 2.05) is 30.3 Å². The van der Waals surface area contributed by atoms with Crippen LogP contribution in [0.2, 0.25) is 5.02 Å². The number of aromatic amines is 1. The van der Waals surface area contributed by atoms with Gasteiger partial charge in [-0.25, -0.2) is 0 Å². The maximum Gasteiger partial charge on any atom is 0.115 e. The Morgan fingerprint density at radius 2 is 2.14 bits per heavy atom. The van der Waals surface area contributed by atoms with Gasteiger partial charge < -0.3 is 10.1 Å². The summed E-state index contributed by atoms with van der Waals surface area (Å²) in [6.07, 6.45) is 5.04. The van der Waals surface area contributed by atoms with Gasteiger partial charge in [-0.15, -0.1) is 6.58 Å². The highest BCUT2D eigenvalue weighted by molar-refractivity contribution is 6.35. The zero-order valence-electron chi connectivity index (χ0n) is 15.9. The van der Waals surface area contributed by atoms with Crippen LogP contribution in [0, 0.1) is 5.92 Å². The smallest absolute Gasteiger partial charge is 0.115 e. The average molecular weight is 393 g/mol. The number of benzene rings is 2. The molecular weight excluding hydrogens is 368 g/mol. The van der Waals surface area contributed by atoms with Crippen LogP contribution >= 0.6 is 11.6 Å². The van der Waals surface area contributed by atoms with E-state index in [0.29, 0.717) is 11.7 Å². The van der Waals surface area contributed by atoms with Crippen LogP contribution in [0.25, 0.3) is 10.9 Å². The number of hydrogen-bond acceptors (Lipinski definition) is 2. The summed E-state index contributed by atoms with van der Waals surface area (Å²) in [5, 5.41) is 12.2. The first-order valence-electron chi connectivity index (χ1n) is 10.0. The maximum absolute atomic E-state index is 10.2. The van der Waals surface area contributed by atoms with E-state index in [0.717, 1.165) is 49.4 Å². The molecule has 0 radical (unpaired) electrons. The lowest BCUT2D eigenvalue weighted by molar-refractivity contribution is 0.0896. The summed E-state index contributed by atoms with van der Waals surface area (Å²) in [7, 11) is 0. The van der Waals surface area contributed by atoms with Gasteiger partial charge in [0.2, 0.25) is 0 Å². The molecule has 1 aromatic heterocycles. The third-order valence-electron chi connectivity index (χ3n) is 6.85. The van der Waals surface area contributed by atoms with E-state index in [9.17, 15) is 5.11 Å². The third kappa shape index (κ3) is 2.68. The van der Waals surface area contributed by atoms with Crippen molar-refractivity contribution in [2.24, 2.45) is 5.92 Å². The zero-order chi connectivity index (χ0) is 19.3. The number of likely N-dealkylation sites (tertiary alicyclic amines) is 1. The van der Waals surface area contributed by atoms with E-state index in [4.69, 9.17) is 11.6 Å². The van der Waals surface area contributed by atoms with Gasteiger partial charge in [0.15, 0.2) is 0 Å². The minimum absolute atomic E-state index is 0.0385. The molecule has 1 aliphatic carbocycles. The lowest BCUT2D eigenvalue weighted by Crippen LogP contribution is -2.53. The Morgan fingerprint density at radius 3 is 2.96 bits per heavy atom. The fourth-order valence-corrected chi connectivity index (χ4v) is 5.83. The lowest BCUT2D eigenvalue weighted by atomic mass is 9.58. The standard InChI is InChI=1S/C24H25ClN2O/c1-2-10-27-11-9-24(16-5-3-6-18(28)12-16)14-22-19(13-17(24)15-27)23-20(25)7-4-8-21(23)26-22/h2-8,12,17,26,28H,1,9-11,13-15H2. The number of fused-ring (bicyclic) bond motifs is 4. The number of aromatic nitrogens is 1. The second-order valence-corrected chi connectivity index (χ2v) is 8.73. The molecule has 2 unspecified atom stereocenters. The van der Waals surface area contributed by atoms with Gasteiger partial charge in [-0.2, -0.15) is 0 Å². The maximum atomic E-state index is 10.2. The Hall–Kier alpha value is -2.23. The third-order valence-corrected chi connectivity index (χ3v) is 7.17. The van der Waals surface area contributed by atoms with Crippen LogP contribution in [0.3, 0.4) is 0 Å². The second kappa shape index (κ2) is 6.68. The summed E-state index contributed by atoms with van der Waals surface area (Å²) in [5.74, 6) is 0.829. The first-order valence-corrected chi connectivity index (χ1v) is 10.4. The molecule has 2 N–H and O–H groups in total. The fourth-order valence-electron chi connectivity index (χ4n) is 5.54. The number of piperidine rings is 1. The molecule has 2 heterocycles. The van der Waals surface area contributed by atoms with Gasteiger partial charge in [0.05, 0.1) is 5.02 Å². The molecule has 4 heteroatoms. The number of aromatic hydroxyl groups is 1. The summed E-state index contributed by atoms with van der Waals surface area (Å²) in [4.78, 5) is 6.16. The molecule has 3 aromatic rings. The summed E-state index contributed by atoms with van der Waals surface area (Å²) < 4.78 is 0. The van der Waals surface area contributed by atoms with E-state index in [1.165, 1.54) is 22.2 Å². The first-order chi connectivity index (χ1) is 13.6. The van der Waals surface area contributed by atoms with Crippen LogP contribution < -0.4 is 0 Å². The van der Waals surface area contributed by atoms with Gasteiger partial charge >= 0.3 is 0 Å². The van der Waals surface area contributed by atoms with Gasteiger partial charge in [0.25, 0.3) is 0 Å². The molecule has 2 atom stereocenters. The molecule has 1 aliphatic heterocycles. The van der Waals surface area contributed by atoms with Crippen molar-refractivity contribution in [2.45, 2.75) is 24.7 Å². The highest BCUT2D eigenvalue weighted by atomic mass is 35.5. The van der Waals surface area contributed by atoms with Gasteiger partial charge in [0, 0.05) is 35.1 Å². The number of rotatable bonds is 3. The number of H-pyrrole nitrogens is 1. The minimum Gasteiger partial charge on any atom is -0.508 e. The molecule has 0 saturated carbocycles. The van der Waals surface area contributed by atoms with Crippen LogP contribution in [0.1, 0.15) is 23.2 Å². The van der Waals surface area contributed by atoms with Crippen molar-refractivity contribution in [1.82, 2.24) is 9.88 Å². The SMILES string of the molecule is C=CCN1CCC2(c3cccc(O)c3)Cc3[nH]c4cccc(Cl)c4c3CC2C1. The molecule has 1 fully saturated rings. The Balaban J connectivity index is 1.65. The van der Waals surface area contributed by atoms with Crippen molar-refractivity contribution in [3.63, 3.8) is 0 Å². The van der Waals surface area contributed by atoms with Gasteiger partial charge in [0.1, 0.15) is 5.75 Å². The summed E-state index contributed by atoms with van der Waals surface area (Å²) >= 11 is 6.58. The second-order valence-electron chi connectivity index (χ2n) is 8.33. The highest BCUT2D eigenvalue weighted by Crippen LogP contribution is 2.50. The van der Waals surface area contributed by atoms with Gasteiger partial charge in [-0.05, 0) is 67.1 Å². The van der Waals surface area contributed by atoms with E-state index in [2.05, 4.69) is 28.6 Å². The molecule has 0 spiro atoms. The first kappa shape index (κ1) is 17.8. The predicted molar refractivity (Wildman–Crippen MR) is 115 cm³/mol. The van der Waals surface area contributed by atoms with Crippen molar-refractivity contribution < 1.29 is 5.11 Å². The average Bonchev–Trinajstić information content (AvgIpc) is 3.04. The van der Waals surface area contributed by atoms with Crippen molar-refractivity contribution in [1.29, 1.82) is 0 Å². The molecule has 28 heavy (non-hydrogen) atoms. The normalized spacial score (nSPS) is 24.7. The molecule has 144 valence electrons. The highest BCUT2D eigenvalue weighted by Gasteiger charge is 2.48. The van der Waals surface area contributed by atoms with Crippen molar-refractivity contribution in [3.05, 3.63) is 77.0 Å². The van der Waals surface area contributed by atoms with Crippen LogP contribution in [0.5, 0.6) is 5.75 Å². The minimum atomic E-state index is 0.0385. The van der Waals surface area contributed by atoms with E-state index < -0.39 is 0 Å². The van der Waals surface area contributed by atoms with Crippen molar-refractivity contribution in [3.8, 4) is 5.75 Å². The fraction of sp³-hybridized carbons (Fsp3) is 0.333. The molecule has 0 bridgehead atoms. The van der Waals surface area contributed by atoms with Gasteiger partial charge in [-0.1, -0.05) is 35.9 Å². The number of phenols is 1. The number of nitrogens with zero attached hydrogens (tertiary/aromatic N) is 1. The topological polar surface area (TPSA) is 39.3 Å². The monoisotopic (exact) mass is 392 g/mol. The Bertz CT molecular complexity index is 1060. The number of hydrogen-bond donors (Lipinski definition) is 2. The summed E-state index contributed by atoms with van der Waals surface area (Å²) in [6, 6.07) is 14.0. The molecule has 0 amide bonds. The van der Waals surface area contributed by atoms with E-state index in [1.54, 1.807) is 6.07 Å². The molecule has 3 nitrogen and oxygen atoms in total. The van der Waals surface area contributed by atoms with E-state index >= 15 is 0 Å². The zero-order valence-corrected chi connectivity index (χ0v) is 16.7. The van der Waals surface area contributed by atoms with Crippen LogP contribution in [0.15, 0.2) is 55.1 Å². The van der Waals surface area contributed by atoms with Crippen LogP contribution in [-0.2, 0) is 18.3 Å². The molecule has 5 rings (SSSR count). The number of halogens is 1. The summed E-state index contributed by atoms with van der Waals surface area (Å²) in [5.41, 5.74) is 5.11. The van der Waals surface area contributed by atoms with Crippen LogP contribution in [0.4, 0.5) is 0 Å². The van der Waals surface area contributed by atoms with Crippen LogP contribution in [-0.4, -0.2) is 34.6 Å². The lowest BCUT2D eigenvalue weighted by Gasteiger charge is -2.51. The van der Waals surface area contributed by atoms with Crippen molar-refractivity contribution in [2.75, 3.05) is 19.6 Å². The van der Waals surface area contributed by atoms with E-state index in [-0.39, 0.29) is 5.41 Å². The Kier molecular flexibility index (Phi) is 4.26. The number of phenolic OH excluding ortho intramolecular Hbond substituents is 1. The Morgan fingerprint density at radius 1 is 1.29 bits per heavy atom. The van der Waals surface area contributed by atoms with Gasteiger partial charge in [-0.3, -0.25) is 4.90 Å². The number of nitrogens with one attached hydrogen (secondary N) is 1. The molecule has 1 saturated heterocycles. The Labute approximate surface area is 170 Å².